The quantitative estimate of drug-likeness (QED) is 0.750. The molecule has 6 nitrogen and oxygen atoms in total. The molecular formula is C20H19N3O3S. The van der Waals surface area contributed by atoms with E-state index in [1.165, 1.54) is 4.31 Å². The first kappa shape index (κ1) is 17.8. The van der Waals surface area contributed by atoms with Crippen molar-refractivity contribution in [3.8, 4) is 0 Å². The van der Waals surface area contributed by atoms with Crippen molar-refractivity contribution in [2.24, 2.45) is 0 Å². The van der Waals surface area contributed by atoms with Crippen LogP contribution in [0.15, 0.2) is 78.1 Å². The van der Waals surface area contributed by atoms with Gasteiger partial charge < -0.3 is 5.11 Å². The smallest absolute Gasteiger partial charge is 0.244 e. The molecule has 1 aliphatic heterocycles. The summed E-state index contributed by atoms with van der Waals surface area (Å²) < 4.78 is 28.0. The van der Waals surface area contributed by atoms with Crippen molar-refractivity contribution in [2.75, 3.05) is 0 Å². The van der Waals surface area contributed by atoms with Gasteiger partial charge in [-0.15, -0.1) is 0 Å². The second-order valence-electron chi connectivity index (χ2n) is 6.48. The van der Waals surface area contributed by atoms with Crippen molar-refractivity contribution >= 4 is 10.0 Å². The van der Waals surface area contributed by atoms with Crippen LogP contribution in [0.25, 0.3) is 0 Å². The lowest BCUT2D eigenvalue weighted by Gasteiger charge is -2.39. The molecule has 1 aliphatic rings. The minimum absolute atomic E-state index is 0.156. The molecule has 0 fully saturated rings. The Labute approximate surface area is 158 Å². The van der Waals surface area contributed by atoms with Crippen LogP contribution in [0.2, 0.25) is 0 Å². The van der Waals surface area contributed by atoms with Gasteiger partial charge in [-0.3, -0.25) is 9.97 Å². The number of pyridine rings is 2. The van der Waals surface area contributed by atoms with E-state index in [4.69, 9.17) is 0 Å². The largest absolute Gasteiger partial charge is 0.387 e. The maximum atomic E-state index is 13.3. The number of aliphatic hydroxyl groups is 1. The second kappa shape index (κ2) is 7.19. The number of nitrogens with zero attached hydrogens (tertiary/aromatic N) is 3. The van der Waals surface area contributed by atoms with Crippen molar-refractivity contribution in [3.05, 3.63) is 90.0 Å². The van der Waals surface area contributed by atoms with Crippen molar-refractivity contribution in [2.45, 2.75) is 30.0 Å². The molecule has 0 radical (unpaired) electrons. The molecule has 1 N–H and O–H groups in total. The first-order valence-electron chi connectivity index (χ1n) is 8.65. The Morgan fingerprint density at radius 2 is 1.70 bits per heavy atom. The normalized spacial score (nSPS) is 21.5. The lowest BCUT2D eigenvalue weighted by molar-refractivity contribution is 0.0764. The van der Waals surface area contributed by atoms with Crippen LogP contribution in [0.5, 0.6) is 0 Å². The molecule has 0 saturated carbocycles. The van der Waals surface area contributed by atoms with Crippen LogP contribution in [-0.4, -0.2) is 33.8 Å². The third-order valence-corrected chi connectivity index (χ3v) is 6.74. The van der Waals surface area contributed by atoms with Crippen LogP contribution in [0.3, 0.4) is 0 Å². The van der Waals surface area contributed by atoms with Gasteiger partial charge in [-0.2, -0.15) is 4.31 Å². The van der Waals surface area contributed by atoms with E-state index in [0.717, 1.165) is 11.3 Å². The van der Waals surface area contributed by atoms with Crippen molar-refractivity contribution < 1.29 is 13.5 Å². The summed E-state index contributed by atoms with van der Waals surface area (Å²) in [5, 5.41) is 11.0. The number of hydrogen-bond acceptors (Lipinski definition) is 5. The van der Waals surface area contributed by atoms with E-state index in [-0.39, 0.29) is 11.4 Å². The summed E-state index contributed by atoms with van der Waals surface area (Å²) in [6.07, 6.45) is 4.31. The number of benzene rings is 1. The highest BCUT2D eigenvalue weighted by Crippen LogP contribution is 2.38. The number of hydrogen-bond donors (Lipinski definition) is 1. The average molecular weight is 381 g/mol. The van der Waals surface area contributed by atoms with Crippen molar-refractivity contribution in [3.63, 3.8) is 0 Å². The zero-order valence-corrected chi connectivity index (χ0v) is 15.3. The highest BCUT2D eigenvalue weighted by molar-refractivity contribution is 7.89. The van der Waals surface area contributed by atoms with Gasteiger partial charge in [0, 0.05) is 42.8 Å². The standard InChI is InChI=1S/C20H19N3O3S/c24-20-17-6-1-2-7-19(17)27(25,26)23(14-15-8-11-21-12-9-15)18(20)13-16-5-3-4-10-22-16/h1-12,18,20,24H,13-14H2. The fraction of sp³-hybridized carbons (Fsp3) is 0.200. The maximum absolute atomic E-state index is 13.3. The number of fused-ring (bicyclic) bond motifs is 1. The van der Waals surface area contributed by atoms with E-state index in [9.17, 15) is 13.5 Å². The average Bonchev–Trinajstić information content (AvgIpc) is 2.71. The summed E-state index contributed by atoms with van der Waals surface area (Å²) in [5.41, 5.74) is 1.98. The first-order chi connectivity index (χ1) is 13.1. The zero-order chi connectivity index (χ0) is 18.9. The molecule has 2 atom stereocenters. The summed E-state index contributed by atoms with van der Waals surface area (Å²) in [6.45, 7) is 0.160. The SMILES string of the molecule is O=S1(=O)c2ccccc2C(O)C(Cc2ccccn2)N1Cc1ccncc1. The highest BCUT2D eigenvalue weighted by Gasteiger charge is 2.43. The van der Waals surface area contributed by atoms with Crippen LogP contribution < -0.4 is 0 Å². The Morgan fingerprint density at radius 1 is 0.963 bits per heavy atom. The number of aromatic nitrogens is 2. The summed E-state index contributed by atoms with van der Waals surface area (Å²) >= 11 is 0. The molecule has 3 heterocycles. The van der Waals surface area contributed by atoms with Gasteiger partial charge in [-0.25, -0.2) is 8.42 Å². The summed E-state index contributed by atoms with van der Waals surface area (Å²) in [5.74, 6) is 0. The van der Waals surface area contributed by atoms with Gasteiger partial charge in [0.05, 0.1) is 17.0 Å². The molecule has 0 amide bonds. The van der Waals surface area contributed by atoms with Crippen molar-refractivity contribution in [1.82, 2.24) is 14.3 Å². The Morgan fingerprint density at radius 3 is 2.44 bits per heavy atom. The Hall–Kier alpha value is -2.61. The molecule has 4 rings (SSSR count). The van der Waals surface area contributed by atoms with E-state index in [1.54, 1.807) is 55.0 Å². The highest BCUT2D eigenvalue weighted by atomic mass is 32.2. The fourth-order valence-electron chi connectivity index (χ4n) is 3.45. The van der Waals surface area contributed by atoms with E-state index in [0.29, 0.717) is 12.0 Å². The molecule has 2 unspecified atom stereocenters. The molecule has 2 aromatic heterocycles. The van der Waals surface area contributed by atoms with Gasteiger partial charge in [0.1, 0.15) is 0 Å². The minimum Gasteiger partial charge on any atom is -0.387 e. The van der Waals surface area contributed by atoms with Gasteiger partial charge in [0.2, 0.25) is 10.0 Å². The Balaban J connectivity index is 1.80. The molecule has 27 heavy (non-hydrogen) atoms. The van der Waals surface area contributed by atoms with Gasteiger partial charge in [-0.1, -0.05) is 24.3 Å². The van der Waals surface area contributed by atoms with Crippen LogP contribution in [0.1, 0.15) is 22.9 Å². The van der Waals surface area contributed by atoms with Crippen LogP contribution in [0.4, 0.5) is 0 Å². The number of rotatable bonds is 4. The lowest BCUT2D eigenvalue weighted by atomic mass is 9.97. The van der Waals surface area contributed by atoms with Gasteiger partial charge in [0.15, 0.2) is 0 Å². The van der Waals surface area contributed by atoms with E-state index in [1.807, 2.05) is 18.2 Å². The number of sulfonamides is 1. The zero-order valence-electron chi connectivity index (χ0n) is 14.5. The molecule has 0 saturated heterocycles. The first-order valence-corrected chi connectivity index (χ1v) is 10.1. The van der Waals surface area contributed by atoms with Crippen LogP contribution in [0, 0.1) is 0 Å². The predicted molar refractivity (Wildman–Crippen MR) is 100 cm³/mol. The number of aliphatic hydroxyl groups excluding tert-OH is 1. The summed E-state index contributed by atoms with van der Waals surface area (Å²) in [4.78, 5) is 8.45. The molecule has 0 spiro atoms. The molecule has 0 aliphatic carbocycles. The molecule has 3 aromatic rings. The molecular weight excluding hydrogens is 362 g/mol. The van der Waals surface area contributed by atoms with Gasteiger partial charge in [-0.05, 0) is 35.9 Å². The molecule has 7 heteroatoms. The Kier molecular flexibility index (Phi) is 4.73. The summed E-state index contributed by atoms with van der Waals surface area (Å²) in [6, 6.07) is 15.0. The Bertz CT molecular complexity index is 1030. The van der Waals surface area contributed by atoms with Crippen molar-refractivity contribution in [1.29, 1.82) is 0 Å². The maximum Gasteiger partial charge on any atom is 0.244 e. The van der Waals surface area contributed by atoms with Gasteiger partial charge in [0.25, 0.3) is 0 Å². The lowest BCUT2D eigenvalue weighted by Crippen LogP contribution is -2.48. The van der Waals surface area contributed by atoms with Crippen LogP contribution in [-0.2, 0) is 23.0 Å². The molecule has 138 valence electrons. The fourth-order valence-corrected chi connectivity index (χ4v) is 5.30. The topological polar surface area (TPSA) is 83.4 Å². The molecule has 0 bridgehead atoms. The third kappa shape index (κ3) is 3.37. The van der Waals surface area contributed by atoms with Crippen LogP contribution >= 0.6 is 0 Å². The minimum atomic E-state index is -3.76. The van der Waals surface area contributed by atoms with E-state index >= 15 is 0 Å². The van der Waals surface area contributed by atoms with E-state index < -0.39 is 22.2 Å². The molecule has 1 aromatic carbocycles. The van der Waals surface area contributed by atoms with Gasteiger partial charge >= 0.3 is 0 Å². The second-order valence-corrected chi connectivity index (χ2v) is 8.34. The predicted octanol–water partition coefficient (Wildman–Crippen LogP) is 2.33. The monoisotopic (exact) mass is 381 g/mol. The summed E-state index contributed by atoms with van der Waals surface area (Å²) in [7, 11) is -3.76. The van der Waals surface area contributed by atoms with E-state index in [2.05, 4.69) is 9.97 Å². The third-order valence-electron chi connectivity index (χ3n) is 4.79.